The summed E-state index contributed by atoms with van der Waals surface area (Å²) in [4.78, 5) is 0. The van der Waals surface area contributed by atoms with Gasteiger partial charge in [0.15, 0.2) is 0 Å². The van der Waals surface area contributed by atoms with E-state index in [-0.39, 0.29) is 6.04 Å². The maximum atomic E-state index is 4.54. The average molecular weight is 339 g/mol. The van der Waals surface area contributed by atoms with Crippen LogP contribution in [-0.4, -0.2) is 6.04 Å². The highest BCUT2D eigenvalue weighted by atomic mass is 15.6. The van der Waals surface area contributed by atoms with E-state index in [2.05, 4.69) is 90.9 Å². The van der Waals surface area contributed by atoms with E-state index >= 15 is 0 Å². The molecule has 0 aliphatic heterocycles. The third kappa shape index (κ3) is 3.29. The number of benzene rings is 4. The molecule has 0 spiro atoms. The van der Waals surface area contributed by atoms with Crippen LogP contribution in [0.15, 0.2) is 95.3 Å². The maximum Gasteiger partial charge on any atom is 0.0880 e. The summed E-state index contributed by atoms with van der Waals surface area (Å²) in [6.07, 6.45) is 0. The molecule has 0 aliphatic carbocycles. The van der Waals surface area contributed by atoms with Gasteiger partial charge in [-0.05, 0) is 59.7 Å². The predicted molar refractivity (Wildman–Crippen MR) is 110 cm³/mol. The summed E-state index contributed by atoms with van der Waals surface area (Å²) in [7, 11) is 0. The molecule has 0 amide bonds. The molecule has 0 radical (unpaired) electrons. The van der Waals surface area contributed by atoms with Crippen molar-refractivity contribution in [3.05, 3.63) is 84.9 Å². The molecular weight excluding hydrogens is 318 g/mol. The van der Waals surface area contributed by atoms with E-state index in [1.165, 1.54) is 21.5 Å². The van der Waals surface area contributed by atoms with Gasteiger partial charge in [0, 0.05) is 6.04 Å². The molecule has 0 bridgehead atoms. The van der Waals surface area contributed by atoms with Crippen molar-refractivity contribution in [1.29, 1.82) is 0 Å². The van der Waals surface area contributed by atoms with Gasteiger partial charge in [-0.15, -0.1) is 5.11 Å². The number of hydrogen-bond acceptors (Lipinski definition) is 2. The Balaban J connectivity index is 1.67. The Morgan fingerprint density at radius 3 is 1.88 bits per heavy atom. The van der Waals surface area contributed by atoms with Crippen molar-refractivity contribution in [2.75, 3.05) is 5.01 Å². The highest BCUT2D eigenvalue weighted by molar-refractivity contribution is 5.86. The summed E-state index contributed by atoms with van der Waals surface area (Å²) in [6, 6.07) is 29.4. The third-order valence-electron chi connectivity index (χ3n) is 4.48. The van der Waals surface area contributed by atoms with Gasteiger partial charge in [-0.2, -0.15) is 0 Å². The quantitative estimate of drug-likeness (QED) is 0.293. The van der Waals surface area contributed by atoms with Crippen LogP contribution < -0.4 is 5.01 Å². The topological polar surface area (TPSA) is 28.0 Å². The molecule has 128 valence electrons. The van der Waals surface area contributed by atoms with E-state index in [0.29, 0.717) is 0 Å². The first-order valence-corrected chi connectivity index (χ1v) is 8.89. The zero-order chi connectivity index (χ0) is 17.9. The fourth-order valence-electron chi connectivity index (χ4n) is 3.11. The zero-order valence-electron chi connectivity index (χ0n) is 15.0. The van der Waals surface area contributed by atoms with E-state index in [0.717, 1.165) is 11.4 Å². The lowest BCUT2D eigenvalue weighted by Crippen LogP contribution is -2.24. The standard InChI is InChI=1S/C23H21N3/c1-17(2)26(23-14-12-19-8-4-6-10-21(19)16-23)25-24-22-13-11-18-7-3-5-9-20(18)15-22/h3-17H,1-2H3. The van der Waals surface area contributed by atoms with Gasteiger partial charge in [-0.1, -0.05) is 65.9 Å². The van der Waals surface area contributed by atoms with Gasteiger partial charge in [0.1, 0.15) is 0 Å². The van der Waals surface area contributed by atoms with Crippen molar-refractivity contribution in [2.24, 2.45) is 10.3 Å². The van der Waals surface area contributed by atoms with E-state index in [9.17, 15) is 0 Å². The SMILES string of the molecule is CC(C)N(N=Nc1ccc2ccccc2c1)c1ccc2ccccc2c1. The van der Waals surface area contributed by atoms with Crippen LogP contribution in [0.1, 0.15) is 13.8 Å². The van der Waals surface area contributed by atoms with E-state index < -0.39 is 0 Å². The summed E-state index contributed by atoms with van der Waals surface area (Å²) in [5, 5.41) is 15.8. The van der Waals surface area contributed by atoms with Gasteiger partial charge in [0.05, 0.1) is 11.4 Å². The van der Waals surface area contributed by atoms with Crippen LogP contribution in [0.5, 0.6) is 0 Å². The van der Waals surface area contributed by atoms with Crippen LogP contribution in [0, 0.1) is 0 Å². The second kappa shape index (κ2) is 6.96. The second-order valence-electron chi connectivity index (χ2n) is 6.69. The molecule has 4 aromatic carbocycles. The first-order valence-electron chi connectivity index (χ1n) is 8.89. The Morgan fingerprint density at radius 1 is 0.654 bits per heavy atom. The van der Waals surface area contributed by atoms with Gasteiger partial charge in [-0.25, -0.2) is 5.01 Å². The highest BCUT2D eigenvalue weighted by Gasteiger charge is 2.10. The van der Waals surface area contributed by atoms with Crippen molar-refractivity contribution in [1.82, 2.24) is 0 Å². The van der Waals surface area contributed by atoms with Crippen LogP contribution in [-0.2, 0) is 0 Å². The first-order chi connectivity index (χ1) is 12.7. The molecule has 0 fully saturated rings. The van der Waals surface area contributed by atoms with E-state index in [4.69, 9.17) is 0 Å². The summed E-state index contributed by atoms with van der Waals surface area (Å²) >= 11 is 0. The summed E-state index contributed by atoms with van der Waals surface area (Å²) in [5.41, 5.74) is 1.90. The Kier molecular flexibility index (Phi) is 4.36. The van der Waals surface area contributed by atoms with Crippen molar-refractivity contribution < 1.29 is 0 Å². The molecule has 0 aliphatic rings. The molecule has 26 heavy (non-hydrogen) atoms. The molecule has 0 unspecified atom stereocenters. The van der Waals surface area contributed by atoms with Gasteiger partial charge in [0.25, 0.3) is 0 Å². The average Bonchev–Trinajstić information content (AvgIpc) is 2.67. The van der Waals surface area contributed by atoms with E-state index in [1.54, 1.807) is 0 Å². The maximum absolute atomic E-state index is 4.54. The Bertz CT molecular complexity index is 1080. The molecule has 3 heteroatoms. The van der Waals surface area contributed by atoms with Crippen molar-refractivity contribution in [3.63, 3.8) is 0 Å². The van der Waals surface area contributed by atoms with Gasteiger partial charge < -0.3 is 0 Å². The molecule has 0 aromatic heterocycles. The highest BCUT2D eigenvalue weighted by Crippen LogP contribution is 2.26. The monoisotopic (exact) mass is 339 g/mol. The molecule has 0 saturated carbocycles. The van der Waals surface area contributed by atoms with E-state index in [1.807, 2.05) is 23.2 Å². The molecular formula is C23H21N3. The fraction of sp³-hybridized carbons (Fsp3) is 0.130. The molecule has 0 saturated heterocycles. The smallest absolute Gasteiger partial charge is 0.0880 e. The lowest BCUT2D eigenvalue weighted by Gasteiger charge is -2.22. The minimum atomic E-state index is 0.209. The van der Waals surface area contributed by atoms with Crippen molar-refractivity contribution >= 4 is 32.9 Å². The second-order valence-corrected chi connectivity index (χ2v) is 6.69. The largest absolute Gasteiger partial charge is 0.244 e. The lowest BCUT2D eigenvalue weighted by atomic mass is 10.1. The Labute approximate surface area is 153 Å². The number of anilines is 1. The molecule has 4 rings (SSSR count). The van der Waals surface area contributed by atoms with Crippen molar-refractivity contribution in [3.8, 4) is 0 Å². The normalized spacial score (nSPS) is 11.7. The lowest BCUT2D eigenvalue weighted by molar-refractivity contribution is 0.686. The zero-order valence-corrected chi connectivity index (χ0v) is 15.0. The number of rotatable bonds is 4. The van der Waals surface area contributed by atoms with Crippen molar-refractivity contribution in [2.45, 2.75) is 19.9 Å². The molecule has 0 N–H and O–H groups in total. The fourth-order valence-corrected chi connectivity index (χ4v) is 3.11. The summed E-state index contributed by atoms with van der Waals surface area (Å²) in [5.74, 6) is 0. The minimum Gasteiger partial charge on any atom is -0.244 e. The third-order valence-corrected chi connectivity index (χ3v) is 4.48. The van der Waals surface area contributed by atoms with Crippen LogP contribution in [0.3, 0.4) is 0 Å². The molecule has 0 heterocycles. The predicted octanol–water partition coefficient (Wildman–Crippen LogP) is 6.91. The van der Waals surface area contributed by atoms with Gasteiger partial charge in [0.2, 0.25) is 0 Å². The molecule has 4 aromatic rings. The van der Waals surface area contributed by atoms with Gasteiger partial charge in [-0.3, -0.25) is 0 Å². The number of fused-ring (bicyclic) bond motifs is 2. The van der Waals surface area contributed by atoms with Crippen LogP contribution in [0.2, 0.25) is 0 Å². The minimum absolute atomic E-state index is 0.209. The molecule has 3 nitrogen and oxygen atoms in total. The number of nitrogens with zero attached hydrogens (tertiary/aromatic N) is 3. The Morgan fingerprint density at radius 2 is 1.23 bits per heavy atom. The Hall–Kier alpha value is -3.20. The van der Waals surface area contributed by atoms with Crippen LogP contribution in [0.4, 0.5) is 11.4 Å². The summed E-state index contributed by atoms with van der Waals surface area (Å²) in [6.45, 7) is 4.24. The summed E-state index contributed by atoms with van der Waals surface area (Å²) < 4.78 is 0. The van der Waals surface area contributed by atoms with Crippen LogP contribution >= 0.6 is 0 Å². The van der Waals surface area contributed by atoms with Gasteiger partial charge >= 0.3 is 0 Å². The number of hydrogen-bond donors (Lipinski definition) is 0. The molecule has 0 atom stereocenters. The first kappa shape index (κ1) is 16.3. The van der Waals surface area contributed by atoms with Crippen LogP contribution in [0.25, 0.3) is 21.5 Å².